The molecule has 1 N–H and O–H groups in total. The quantitative estimate of drug-likeness (QED) is 0.493. The van der Waals surface area contributed by atoms with Gasteiger partial charge in [-0.15, -0.1) is 0 Å². The Morgan fingerprint density at radius 3 is 2.06 bits per heavy atom. The van der Waals surface area contributed by atoms with E-state index in [0.717, 1.165) is 6.07 Å². The predicted octanol–water partition coefficient (Wildman–Crippen LogP) is 4.96. The van der Waals surface area contributed by atoms with Crippen molar-refractivity contribution in [2.24, 2.45) is 0 Å². The number of hydrogen-bond donors (Lipinski definition) is 1. The summed E-state index contributed by atoms with van der Waals surface area (Å²) in [5.41, 5.74) is -3.46. The zero-order valence-corrected chi connectivity index (χ0v) is 18.7. The lowest BCUT2D eigenvalue weighted by atomic mass is 10.0. The van der Waals surface area contributed by atoms with Crippen LogP contribution < -0.4 is 0 Å². The van der Waals surface area contributed by atoms with Crippen molar-refractivity contribution < 1.29 is 49.8 Å². The van der Waals surface area contributed by atoms with Crippen molar-refractivity contribution >= 4 is 5.97 Å². The van der Waals surface area contributed by atoms with Crippen LogP contribution in [0.2, 0.25) is 0 Å². The fourth-order valence-corrected chi connectivity index (χ4v) is 3.99. The van der Waals surface area contributed by atoms with Crippen LogP contribution in [-0.2, 0) is 28.5 Å². The minimum Gasteiger partial charge on any atom is -0.480 e. The molecular weight excluding hydrogens is 504 g/mol. The van der Waals surface area contributed by atoms with Gasteiger partial charge >= 0.3 is 18.3 Å². The van der Waals surface area contributed by atoms with E-state index in [9.17, 15) is 39.9 Å². The molecule has 1 aliphatic rings. The van der Waals surface area contributed by atoms with Gasteiger partial charge in [0.1, 0.15) is 0 Å². The molecule has 13 heteroatoms. The van der Waals surface area contributed by atoms with Gasteiger partial charge in [0.2, 0.25) is 0 Å². The Bertz CT molecular complexity index is 1030. The van der Waals surface area contributed by atoms with E-state index in [1.54, 1.807) is 9.80 Å². The Labute approximate surface area is 200 Å². The van der Waals surface area contributed by atoms with E-state index in [0.29, 0.717) is 25.2 Å². The number of benzene rings is 2. The van der Waals surface area contributed by atoms with Crippen LogP contribution in [0, 0.1) is 11.6 Å². The fourth-order valence-electron chi connectivity index (χ4n) is 3.99. The van der Waals surface area contributed by atoms with Gasteiger partial charge in [-0.1, -0.05) is 12.1 Å². The lowest BCUT2D eigenvalue weighted by molar-refractivity contribution is -0.143. The topological polar surface area (TPSA) is 53.0 Å². The van der Waals surface area contributed by atoms with Crippen molar-refractivity contribution in [3.63, 3.8) is 0 Å². The first-order valence-electron chi connectivity index (χ1n) is 10.7. The molecule has 0 saturated carbocycles. The molecule has 0 spiro atoms. The zero-order valence-electron chi connectivity index (χ0n) is 18.7. The molecule has 0 radical (unpaired) electrons. The van der Waals surface area contributed by atoms with Crippen LogP contribution in [0.15, 0.2) is 36.4 Å². The van der Waals surface area contributed by atoms with Crippen LogP contribution in [-0.4, -0.2) is 60.2 Å². The number of ether oxygens (including phenoxy) is 1. The second-order valence-electron chi connectivity index (χ2n) is 8.29. The van der Waals surface area contributed by atoms with Gasteiger partial charge in [0.25, 0.3) is 0 Å². The van der Waals surface area contributed by atoms with Crippen molar-refractivity contribution in [2.45, 2.75) is 25.0 Å². The van der Waals surface area contributed by atoms with E-state index >= 15 is 0 Å². The Balaban J connectivity index is 1.80. The van der Waals surface area contributed by atoms with E-state index < -0.39 is 53.7 Å². The van der Waals surface area contributed by atoms with E-state index in [-0.39, 0.29) is 43.4 Å². The standard InChI is InChI=1S/C23H22F8N2O3/c24-18-3-1-2-17(21(18)25)19(33-6-4-32(5-7-33)11-20(34)35)13-36-12-14-8-15(22(26,27)28)10-16(9-14)23(29,30)31/h1-3,8-10,19H,4-7,11-13H2,(H,34,35). The highest BCUT2D eigenvalue weighted by molar-refractivity contribution is 5.69. The average Bonchev–Trinajstić information content (AvgIpc) is 2.78. The highest BCUT2D eigenvalue weighted by atomic mass is 19.4. The van der Waals surface area contributed by atoms with Crippen molar-refractivity contribution in [3.05, 3.63) is 70.3 Å². The summed E-state index contributed by atoms with van der Waals surface area (Å²) in [5.74, 6) is -3.31. The van der Waals surface area contributed by atoms with Crippen LogP contribution in [0.1, 0.15) is 28.3 Å². The first-order valence-corrected chi connectivity index (χ1v) is 10.7. The molecule has 0 bridgehead atoms. The maximum absolute atomic E-state index is 14.6. The van der Waals surface area contributed by atoms with Crippen molar-refractivity contribution in [1.29, 1.82) is 0 Å². The molecular formula is C23H22F8N2O3. The SMILES string of the molecule is O=C(O)CN1CCN(C(COCc2cc(C(F)(F)F)cc(C(F)(F)F)c2)c2cccc(F)c2F)CC1. The Kier molecular flexibility index (Phi) is 8.57. The molecule has 1 unspecified atom stereocenters. The molecule has 1 heterocycles. The van der Waals surface area contributed by atoms with Crippen molar-refractivity contribution in [2.75, 3.05) is 39.3 Å². The maximum Gasteiger partial charge on any atom is 0.416 e. The first-order chi connectivity index (χ1) is 16.8. The number of carboxylic acid groups (broad SMARTS) is 1. The molecule has 1 aliphatic heterocycles. The number of carboxylic acids is 1. The van der Waals surface area contributed by atoms with Gasteiger partial charge in [-0.3, -0.25) is 14.6 Å². The fraction of sp³-hybridized carbons (Fsp3) is 0.435. The molecule has 1 fully saturated rings. The summed E-state index contributed by atoms with van der Waals surface area (Å²) in [4.78, 5) is 14.3. The summed E-state index contributed by atoms with van der Waals surface area (Å²) < 4.78 is 113. The van der Waals surface area contributed by atoms with E-state index in [2.05, 4.69) is 0 Å². The Morgan fingerprint density at radius 2 is 1.53 bits per heavy atom. The highest BCUT2D eigenvalue weighted by Gasteiger charge is 2.37. The molecule has 1 saturated heterocycles. The van der Waals surface area contributed by atoms with Crippen molar-refractivity contribution in [1.82, 2.24) is 9.80 Å². The molecule has 36 heavy (non-hydrogen) atoms. The molecule has 0 aliphatic carbocycles. The third kappa shape index (κ3) is 7.14. The lowest BCUT2D eigenvalue weighted by Gasteiger charge is -2.39. The maximum atomic E-state index is 14.6. The van der Waals surface area contributed by atoms with E-state index in [4.69, 9.17) is 9.84 Å². The van der Waals surface area contributed by atoms with Crippen molar-refractivity contribution in [3.8, 4) is 0 Å². The van der Waals surface area contributed by atoms with Gasteiger partial charge < -0.3 is 9.84 Å². The summed E-state index contributed by atoms with van der Waals surface area (Å²) in [6, 6.07) is 3.65. The molecule has 0 amide bonds. The average molecular weight is 526 g/mol. The van der Waals surface area contributed by atoms with Gasteiger partial charge in [0.15, 0.2) is 11.6 Å². The van der Waals surface area contributed by atoms with Gasteiger partial charge in [-0.05, 0) is 29.8 Å². The monoisotopic (exact) mass is 526 g/mol. The first kappa shape index (κ1) is 27.8. The minimum absolute atomic E-state index is 0.00499. The number of hydrogen-bond acceptors (Lipinski definition) is 4. The largest absolute Gasteiger partial charge is 0.480 e. The van der Waals surface area contributed by atoms with E-state index in [1.807, 2.05) is 0 Å². The lowest BCUT2D eigenvalue weighted by Crippen LogP contribution is -2.49. The third-order valence-corrected chi connectivity index (χ3v) is 5.74. The summed E-state index contributed by atoms with van der Waals surface area (Å²) >= 11 is 0. The smallest absolute Gasteiger partial charge is 0.416 e. The second-order valence-corrected chi connectivity index (χ2v) is 8.29. The van der Waals surface area contributed by atoms with Crippen LogP contribution in [0.25, 0.3) is 0 Å². The molecule has 3 rings (SSSR count). The number of alkyl halides is 6. The van der Waals surface area contributed by atoms with Crippen LogP contribution >= 0.6 is 0 Å². The predicted molar refractivity (Wildman–Crippen MR) is 111 cm³/mol. The minimum atomic E-state index is -5.02. The Morgan fingerprint density at radius 1 is 0.944 bits per heavy atom. The number of nitrogens with zero attached hydrogens (tertiary/aromatic N) is 2. The second kappa shape index (κ2) is 11.1. The Hall–Kier alpha value is -2.77. The number of aliphatic carboxylic acids is 1. The number of rotatable bonds is 8. The molecule has 2 aromatic carbocycles. The number of piperazine rings is 1. The number of carbonyl (C=O) groups is 1. The van der Waals surface area contributed by atoms with Gasteiger partial charge in [0.05, 0.1) is 36.9 Å². The normalized spacial score (nSPS) is 16.8. The summed E-state index contributed by atoms with van der Waals surface area (Å²) in [6.45, 7) is -0.126. The summed E-state index contributed by atoms with van der Waals surface area (Å²) in [7, 11) is 0. The molecule has 5 nitrogen and oxygen atoms in total. The number of halogens is 8. The van der Waals surface area contributed by atoms with Crippen LogP contribution in [0.4, 0.5) is 35.1 Å². The van der Waals surface area contributed by atoms with Gasteiger partial charge in [-0.2, -0.15) is 26.3 Å². The zero-order chi connectivity index (χ0) is 26.7. The molecule has 2 aromatic rings. The summed E-state index contributed by atoms with van der Waals surface area (Å²) in [5, 5.41) is 8.94. The molecule has 198 valence electrons. The van der Waals surface area contributed by atoms with Gasteiger partial charge in [0, 0.05) is 31.7 Å². The highest BCUT2D eigenvalue weighted by Crippen LogP contribution is 2.36. The third-order valence-electron chi connectivity index (χ3n) is 5.74. The summed E-state index contributed by atoms with van der Waals surface area (Å²) in [6.07, 6.45) is -10.0. The van der Waals surface area contributed by atoms with E-state index in [1.165, 1.54) is 12.1 Å². The van der Waals surface area contributed by atoms with Crippen LogP contribution in [0.3, 0.4) is 0 Å². The van der Waals surface area contributed by atoms with Crippen LogP contribution in [0.5, 0.6) is 0 Å². The van der Waals surface area contributed by atoms with Gasteiger partial charge in [-0.25, -0.2) is 8.78 Å². The molecule has 0 aromatic heterocycles. The molecule has 1 atom stereocenters.